The highest BCUT2D eigenvalue weighted by Gasteiger charge is 2.18. The summed E-state index contributed by atoms with van der Waals surface area (Å²) in [5.41, 5.74) is 2.15. The van der Waals surface area contributed by atoms with Crippen LogP contribution in [0.25, 0.3) is 0 Å². The molecule has 0 spiro atoms. The number of nitrogens with zero attached hydrogens (tertiary/aromatic N) is 2. The van der Waals surface area contributed by atoms with Crippen LogP contribution in [0.5, 0.6) is 0 Å². The van der Waals surface area contributed by atoms with Crippen molar-refractivity contribution in [3.05, 3.63) is 38.3 Å². The number of aromatic nitrogens is 2. The summed E-state index contributed by atoms with van der Waals surface area (Å²) in [6.45, 7) is 4.20. The first-order valence-corrected chi connectivity index (χ1v) is 7.70. The summed E-state index contributed by atoms with van der Waals surface area (Å²) in [7, 11) is 3.88. The summed E-state index contributed by atoms with van der Waals surface area (Å²) in [4.78, 5) is 2.78. The number of hydrogen-bond donors (Lipinski definition) is 1. The van der Waals surface area contributed by atoms with Gasteiger partial charge >= 0.3 is 0 Å². The van der Waals surface area contributed by atoms with E-state index in [0.29, 0.717) is 6.04 Å². The Balaban J connectivity index is 2.23. The largest absolute Gasteiger partial charge is 0.312 e. The Bertz CT molecular complexity index is 559. The topological polar surface area (TPSA) is 29.9 Å². The minimum atomic E-state index is 0.297. The molecule has 0 amide bonds. The van der Waals surface area contributed by atoms with Crippen molar-refractivity contribution in [2.45, 2.75) is 32.7 Å². The fraction of sp³-hybridized carbons (Fsp3) is 0.500. The van der Waals surface area contributed by atoms with E-state index in [2.05, 4.69) is 29.5 Å². The zero-order valence-corrected chi connectivity index (χ0v) is 13.4. The van der Waals surface area contributed by atoms with Gasteiger partial charge < -0.3 is 5.32 Å². The molecule has 0 fully saturated rings. The first-order valence-electron chi connectivity index (χ1n) is 6.50. The van der Waals surface area contributed by atoms with Crippen LogP contribution < -0.4 is 5.32 Å². The van der Waals surface area contributed by atoms with E-state index in [-0.39, 0.29) is 0 Å². The fourth-order valence-corrected chi connectivity index (χ4v) is 3.54. The molecular weight excluding hydrogens is 278 g/mol. The normalized spacial score (nSPS) is 12.9. The van der Waals surface area contributed by atoms with Gasteiger partial charge in [-0.1, -0.05) is 18.5 Å². The molecule has 2 heterocycles. The molecule has 0 aliphatic rings. The zero-order chi connectivity index (χ0) is 14.0. The Labute approximate surface area is 123 Å². The van der Waals surface area contributed by atoms with Crippen molar-refractivity contribution in [3.8, 4) is 0 Å². The molecule has 104 valence electrons. The Kier molecular flexibility index (Phi) is 4.66. The first-order chi connectivity index (χ1) is 9.06. The van der Waals surface area contributed by atoms with Gasteiger partial charge in [0.1, 0.15) is 5.15 Å². The van der Waals surface area contributed by atoms with Crippen molar-refractivity contribution < 1.29 is 0 Å². The molecule has 1 atom stereocenters. The lowest BCUT2D eigenvalue weighted by atomic mass is 10.1. The predicted octanol–water partition coefficient (Wildman–Crippen LogP) is 3.51. The van der Waals surface area contributed by atoms with Crippen LogP contribution in [0.4, 0.5) is 0 Å². The minimum Gasteiger partial charge on any atom is -0.312 e. The first kappa shape index (κ1) is 14.6. The lowest BCUT2D eigenvalue weighted by molar-refractivity contribution is 0.600. The molecule has 0 saturated heterocycles. The molecule has 0 radical (unpaired) electrons. The van der Waals surface area contributed by atoms with E-state index >= 15 is 0 Å². The van der Waals surface area contributed by atoms with Gasteiger partial charge in [0.25, 0.3) is 0 Å². The molecule has 5 heteroatoms. The third-order valence-electron chi connectivity index (χ3n) is 3.40. The van der Waals surface area contributed by atoms with Gasteiger partial charge in [0.05, 0.1) is 5.69 Å². The average Bonchev–Trinajstić information content (AvgIpc) is 2.95. The number of likely N-dealkylation sites (N-methyl/N-ethyl adjacent to an activating group) is 1. The second-order valence-corrected chi connectivity index (χ2v) is 6.24. The highest BCUT2D eigenvalue weighted by atomic mass is 35.5. The summed E-state index contributed by atoms with van der Waals surface area (Å²) in [5, 5.41) is 8.50. The number of nitrogens with one attached hydrogen (secondary N) is 1. The van der Waals surface area contributed by atoms with Crippen LogP contribution in [0.1, 0.15) is 34.0 Å². The van der Waals surface area contributed by atoms with Gasteiger partial charge in [-0.05, 0) is 38.9 Å². The average molecular weight is 298 g/mol. The fourth-order valence-electron chi connectivity index (χ4n) is 2.23. The van der Waals surface area contributed by atoms with E-state index in [0.717, 1.165) is 29.3 Å². The van der Waals surface area contributed by atoms with Crippen molar-refractivity contribution in [2.24, 2.45) is 7.05 Å². The van der Waals surface area contributed by atoms with E-state index in [1.165, 1.54) is 9.75 Å². The molecule has 2 aromatic heterocycles. The van der Waals surface area contributed by atoms with Crippen LogP contribution in [-0.4, -0.2) is 16.8 Å². The SMILES string of the molecule is CCc1ccc(C(Cc2c(C)nn(C)c2Cl)NC)s1. The summed E-state index contributed by atoms with van der Waals surface area (Å²) in [6.07, 6.45) is 1.96. The lowest BCUT2D eigenvalue weighted by Gasteiger charge is -2.14. The standard InChI is InChI=1S/C14H20ClN3S/c1-5-10-6-7-13(19-10)12(16-3)8-11-9(2)17-18(4)14(11)15/h6-7,12,16H,5,8H2,1-4H3. The second-order valence-electron chi connectivity index (χ2n) is 4.68. The van der Waals surface area contributed by atoms with E-state index in [1.807, 2.05) is 32.4 Å². The van der Waals surface area contributed by atoms with Crippen LogP contribution >= 0.6 is 22.9 Å². The molecule has 1 N–H and O–H groups in total. The molecule has 0 bridgehead atoms. The van der Waals surface area contributed by atoms with Gasteiger partial charge in [-0.25, -0.2) is 0 Å². The molecule has 0 aromatic carbocycles. The van der Waals surface area contributed by atoms with E-state index in [4.69, 9.17) is 11.6 Å². The van der Waals surface area contributed by atoms with Crippen LogP contribution in [0.15, 0.2) is 12.1 Å². The number of thiophene rings is 1. The van der Waals surface area contributed by atoms with Crippen LogP contribution in [0.3, 0.4) is 0 Å². The number of aryl methyl sites for hydroxylation is 3. The molecule has 2 rings (SSSR count). The Morgan fingerprint density at radius 3 is 2.68 bits per heavy atom. The van der Waals surface area contributed by atoms with Crippen molar-refractivity contribution in [2.75, 3.05) is 7.05 Å². The second kappa shape index (κ2) is 6.07. The highest BCUT2D eigenvalue weighted by molar-refractivity contribution is 7.12. The maximum atomic E-state index is 6.31. The van der Waals surface area contributed by atoms with E-state index in [9.17, 15) is 0 Å². The van der Waals surface area contributed by atoms with Crippen molar-refractivity contribution in [1.82, 2.24) is 15.1 Å². The molecule has 1 unspecified atom stereocenters. The molecule has 19 heavy (non-hydrogen) atoms. The number of rotatable bonds is 5. The summed E-state index contributed by atoms with van der Waals surface area (Å²) < 4.78 is 1.74. The van der Waals surface area contributed by atoms with Crippen LogP contribution in [0, 0.1) is 6.92 Å². The lowest BCUT2D eigenvalue weighted by Crippen LogP contribution is -2.18. The minimum absolute atomic E-state index is 0.297. The van der Waals surface area contributed by atoms with Gasteiger partial charge in [-0.15, -0.1) is 11.3 Å². The summed E-state index contributed by atoms with van der Waals surface area (Å²) >= 11 is 8.18. The Hall–Kier alpha value is -0.840. The van der Waals surface area contributed by atoms with Gasteiger partial charge in [0.2, 0.25) is 0 Å². The maximum Gasteiger partial charge on any atom is 0.130 e. The van der Waals surface area contributed by atoms with Crippen molar-refractivity contribution in [1.29, 1.82) is 0 Å². The highest BCUT2D eigenvalue weighted by Crippen LogP contribution is 2.29. The van der Waals surface area contributed by atoms with Crippen LogP contribution in [-0.2, 0) is 19.9 Å². The molecule has 0 saturated carbocycles. The van der Waals surface area contributed by atoms with Crippen LogP contribution in [0.2, 0.25) is 5.15 Å². The number of hydrogen-bond acceptors (Lipinski definition) is 3. The molecule has 0 aliphatic carbocycles. The maximum absolute atomic E-state index is 6.31. The van der Waals surface area contributed by atoms with E-state index < -0.39 is 0 Å². The molecule has 2 aromatic rings. The van der Waals surface area contributed by atoms with Gasteiger partial charge in [-0.3, -0.25) is 4.68 Å². The summed E-state index contributed by atoms with van der Waals surface area (Å²) in [6, 6.07) is 4.72. The van der Waals surface area contributed by atoms with Gasteiger partial charge in [-0.2, -0.15) is 5.10 Å². The monoisotopic (exact) mass is 297 g/mol. The summed E-state index contributed by atoms with van der Waals surface area (Å²) in [5.74, 6) is 0. The third-order valence-corrected chi connectivity index (χ3v) is 5.22. The van der Waals surface area contributed by atoms with E-state index in [1.54, 1.807) is 4.68 Å². The predicted molar refractivity (Wildman–Crippen MR) is 82.2 cm³/mol. The molecule has 0 aliphatic heterocycles. The van der Waals surface area contributed by atoms with Gasteiger partial charge in [0, 0.05) is 28.4 Å². The third kappa shape index (κ3) is 3.02. The quantitative estimate of drug-likeness (QED) is 0.915. The molecule has 3 nitrogen and oxygen atoms in total. The number of halogens is 1. The van der Waals surface area contributed by atoms with Crippen molar-refractivity contribution >= 4 is 22.9 Å². The Morgan fingerprint density at radius 1 is 1.47 bits per heavy atom. The van der Waals surface area contributed by atoms with Crippen molar-refractivity contribution in [3.63, 3.8) is 0 Å². The zero-order valence-electron chi connectivity index (χ0n) is 11.8. The Morgan fingerprint density at radius 2 is 2.21 bits per heavy atom. The molecular formula is C14H20ClN3S. The smallest absolute Gasteiger partial charge is 0.130 e. The van der Waals surface area contributed by atoms with Gasteiger partial charge in [0.15, 0.2) is 0 Å².